The number of aryl methyl sites for hydroxylation is 2. The summed E-state index contributed by atoms with van der Waals surface area (Å²) in [6, 6.07) is 13.9. The van der Waals surface area contributed by atoms with Crippen molar-refractivity contribution < 1.29 is 13.2 Å². The molecule has 1 heterocycles. The number of benzene rings is 2. The van der Waals surface area contributed by atoms with Crippen LogP contribution in [0.3, 0.4) is 0 Å². The van der Waals surface area contributed by atoms with Crippen molar-refractivity contribution >= 4 is 15.9 Å². The lowest BCUT2D eigenvalue weighted by atomic mass is 10.1. The van der Waals surface area contributed by atoms with Crippen molar-refractivity contribution in [3.8, 4) is 11.4 Å². The molecule has 8 heteroatoms. The van der Waals surface area contributed by atoms with Crippen molar-refractivity contribution in [2.24, 2.45) is 7.05 Å². The van der Waals surface area contributed by atoms with E-state index >= 15 is 0 Å². The summed E-state index contributed by atoms with van der Waals surface area (Å²) in [7, 11) is -1.67. The maximum Gasteiger partial charge on any atom is 0.252 e. The largest absolute Gasteiger partial charge is 0.352 e. The van der Waals surface area contributed by atoms with Crippen LogP contribution in [0.1, 0.15) is 22.3 Å². The number of nitrogens with zero attached hydrogens (tertiary/aromatic N) is 2. The van der Waals surface area contributed by atoms with Crippen LogP contribution in [0.5, 0.6) is 0 Å². The van der Waals surface area contributed by atoms with Gasteiger partial charge in [0.15, 0.2) is 0 Å². The lowest BCUT2D eigenvalue weighted by Gasteiger charge is -2.11. The van der Waals surface area contributed by atoms with Crippen LogP contribution in [-0.4, -0.2) is 37.0 Å². The van der Waals surface area contributed by atoms with Gasteiger partial charge in [0.05, 0.1) is 10.5 Å². The fraction of sp³-hybridized carbons (Fsp3) is 0.238. The first kappa shape index (κ1) is 20.8. The van der Waals surface area contributed by atoms with Crippen LogP contribution in [0, 0.1) is 6.92 Å². The first-order valence-electron chi connectivity index (χ1n) is 9.30. The molecule has 2 N–H and O–H groups in total. The summed E-state index contributed by atoms with van der Waals surface area (Å²) in [4.78, 5) is 17.1. The van der Waals surface area contributed by atoms with E-state index < -0.39 is 10.0 Å². The number of carbonyl (C=O) groups is 1. The fourth-order valence-corrected chi connectivity index (χ4v) is 3.97. The van der Waals surface area contributed by atoms with Crippen LogP contribution >= 0.6 is 0 Å². The van der Waals surface area contributed by atoms with Crippen LogP contribution < -0.4 is 10.0 Å². The summed E-state index contributed by atoms with van der Waals surface area (Å²) in [6.45, 7) is 2.49. The molecular formula is C21H24N4O3S. The highest BCUT2D eigenvalue weighted by atomic mass is 32.2. The van der Waals surface area contributed by atoms with Gasteiger partial charge in [-0.2, -0.15) is 0 Å². The third kappa shape index (κ3) is 5.10. The summed E-state index contributed by atoms with van der Waals surface area (Å²) in [5.41, 5.74) is 2.28. The van der Waals surface area contributed by atoms with Gasteiger partial charge in [0.25, 0.3) is 5.91 Å². The number of imidazole rings is 1. The van der Waals surface area contributed by atoms with Crippen molar-refractivity contribution in [1.82, 2.24) is 19.6 Å². The van der Waals surface area contributed by atoms with Gasteiger partial charge in [0.2, 0.25) is 10.0 Å². The molecule has 0 spiro atoms. The molecule has 3 aromatic rings. The summed E-state index contributed by atoms with van der Waals surface area (Å²) in [6.07, 6.45) is 3.98. The number of rotatable bonds is 8. The van der Waals surface area contributed by atoms with Crippen molar-refractivity contribution in [2.75, 3.05) is 13.1 Å². The normalized spacial score (nSPS) is 11.4. The van der Waals surface area contributed by atoms with E-state index in [0.717, 1.165) is 11.1 Å². The Morgan fingerprint density at radius 1 is 1.07 bits per heavy atom. The molecule has 0 unspecified atom stereocenters. The van der Waals surface area contributed by atoms with Crippen LogP contribution in [0.4, 0.5) is 0 Å². The van der Waals surface area contributed by atoms with E-state index in [2.05, 4.69) is 15.0 Å². The van der Waals surface area contributed by atoms with E-state index in [1.807, 2.05) is 36.9 Å². The predicted octanol–water partition coefficient (Wildman–Crippen LogP) is 2.49. The molecule has 0 fully saturated rings. The first-order valence-corrected chi connectivity index (χ1v) is 10.8. The van der Waals surface area contributed by atoms with Crippen LogP contribution in [-0.2, 0) is 17.1 Å². The van der Waals surface area contributed by atoms with Gasteiger partial charge in [-0.05, 0) is 31.5 Å². The quantitative estimate of drug-likeness (QED) is 0.556. The molecule has 0 saturated heterocycles. The number of amides is 1. The van der Waals surface area contributed by atoms with Crippen LogP contribution in [0.2, 0.25) is 0 Å². The number of nitrogens with one attached hydrogen (secondary N) is 2. The molecule has 0 aliphatic carbocycles. The Labute approximate surface area is 170 Å². The number of hydrogen-bond acceptors (Lipinski definition) is 4. The molecule has 3 rings (SSSR count). The minimum atomic E-state index is -3.54. The molecule has 0 bridgehead atoms. The second-order valence-corrected chi connectivity index (χ2v) is 8.49. The van der Waals surface area contributed by atoms with Gasteiger partial charge in [-0.25, -0.2) is 18.1 Å². The average Bonchev–Trinajstić information content (AvgIpc) is 3.13. The van der Waals surface area contributed by atoms with Gasteiger partial charge < -0.3 is 9.88 Å². The SMILES string of the molecule is Cc1ccc(S(=O)(=O)NCCCNC(=O)c2ccccc2-c2nccn2C)cc1. The summed E-state index contributed by atoms with van der Waals surface area (Å²) in [5, 5.41) is 2.84. The summed E-state index contributed by atoms with van der Waals surface area (Å²) >= 11 is 0. The topological polar surface area (TPSA) is 93.1 Å². The van der Waals surface area contributed by atoms with E-state index in [0.29, 0.717) is 24.4 Å². The molecule has 7 nitrogen and oxygen atoms in total. The Morgan fingerprint density at radius 3 is 2.48 bits per heavy atom. The second-order valence-electron chi connectivity index (χ2n) is 6.73. The van der Waals surface area contributed by atoms with Gasteiger partial charge in [0.1, 0.15) is 5.82 Å². The van der Waals surface area contributed by atoms with Crippen molar-refractivity contribution in [2.45, 2.75) is 18.2 Å². The Balaban J connectivity index is 1.54. The van der Waals surface area contributed by atoms with E-state index in [1.165, 1.54) is 0 Å². The van der Waals surface area contributed by atoms with Crippen LogP contribution in [0.15, 0.2) is 65.8 Å². The molecule has 2 aromatic carbocycles. The molecule has 152 valence electrons. The summed E-state index contributed by atoms with van der Waals surface area (Å²) in [5.74, 6) is 0.492. The molecule has 1 aromatic heterocycles. The molecule has 0 aliphatic heterocycles. The molecular weight excluding hydrogens is 388 g/mol. The molecule has 29 heavy (non-hydrogen) atoms. The van der Waals surface area contributed by atoms with Gasteiger partial charge >= 0.3 is 0 Å². The minimum Gasteiger partial charge on any atom is -0.352 e. The smallest absolute Gasteiger partial charge is 0.252 e. The molecule has 0 aliphatic rings. The van der Waals surface area contributed by atoms with Gasteiger partial charge in [-0.15, -0.1) is 0 Å². The highest BCUT2D eigenvalue weighted by molar-refractivity contribution is 7.89. The lowest BCUT2D eigenvalue weighted by molar-refractivity contribution is 0.0954. The zero-order valence-corrected chi connectivity index (χ0v) is 17.2. The van der Waals surface area contributed by atoms with E-state index in [9.17, 15) is 13.2 Å². The van der Waals surface area contributed by atoms with E-state index in [-0.39, 0.29) is 17.3 Å². The Hall–Kier alpha value is -2.97. The maximum absolute atomic E-state index is 12.6. The predicted molar refractivity (Wildman–Crippen MR) is 112 cm³/mol. The Kier molecular flexibility index (Phi) is 6.46. The lowest BCUT2D eigenvalue weighted by Crippen LogP contribution is -2.30. The van der Waals surface area contributed by atoms with Crippen molar-refractivity contribution in [3.63, 3.8) is 0 Å². The van der Waals surface area contributed by atoms with Gasteiger partial charge in [-0.1, -0.05) is 35.9 Å². The molecule has 0 saturated carbocycles. The van der Waals surface area contributed by atoms with E-state index in [4.69, 9.17) is 0 Å². The van der Waals surface area contributed by atoms with Crippen molar-refractivity contribution in [1.29, 1.82) is 0 Å². The zero-order valence-electron chi connectivity index (χ0n) is 16.4. The monoisotopic (exact) mass is 412 g/mol. The molecule has 0 radical (unpaired) electrons. The number of carbonyl (C=O) groups excluding carboxylic acids is 1. The van der Waals surface area contributed by atoms with Gasteiger partial charge in [0, 0.05) is 38.1 Å². The Bertz CT molecular complexity index is 1090. The van der Waals surface area contributed by atoms with Gasteiger partial charge in [-0.3, -0.25) is 4.79 Å². The maximum atomic E-state index is 12.6. The minimum absolute atomic E-state index is 0.218. The van der Waals surface area contributed by atoms with E-state index in [1.54, 1.807) is 42.6 Å². The van der Waals surface area contributed by atoms with Crippen LogP contribution in [0.25, 0.3) is 11.4 Å². The standard InChI is InChI=1S/C21H24N4O3S/c1-16-8-10-17(11-9-16)29(27,28)24-13-5-12-23-21(26)19-7-4-3-6-18(19)20-22-14-15-25(20)2/h3-4,6-11,14-15,24H,5,12-13H2,1-2H3,(H,23,26). The second kappa shape index (κ2) is 9.02. The average molecular weight is 413 g/mol. The third-order valence-electron chi connectivity index (χ3n) is 4.50. The number of hydrogen-bond donors (Lipinski definition) is 2. The highest BCUT2D eigenvalue weighted by Crippen LogP contribution is 2.21. The molecule has 1 amide bonds. The zero-order chi connectivity index (χ0) is 20.9. The first-order chi connectivity index (χ1) is 13.9. The third-order valence-corrected chi connectivity index (χ3v) is 5.97. The number of sulfonamides is 1. The van der Waals surface area contributed by atoms with Crippen molar-refractivity contribution in [3.05, 3.63) is 72.1 Å². The number of aromatic nitrogens is 2. The Morgan fingerprint density at radius 2 is 1.79 bits per heavy atom. The highest BCUT2D eigenvalue weighted by Gasteiger charge is 2.15. The summed E-state index contributed by atoms with van der Waals surface area (Å²) < 4.78 is 28.9. The fourth-order valence-electron chi connectivity index (χ4n) is 2.89. The molecule has 0 atom stereocenters.